The van der Waals surface area contributed by atoms with Crippen molar-refractivity contribution in [1.29, 1.82) is 0 Å². The Labute approximate surface area is 93.3 Å². The molecule has 0 aliphatic carbocycles. The third kappa shape index (κ3) is 2.80. The number of anilines is 1. The van der Waals surface area contributed by atoms with Crippen LogP contribution in [0.2, 0.25) is 0 Å². The van der Waals surface area contributed by atoms with Crippen LogP contribution in [0.25, 0.3) is 0 Å². The molecule has 1 amide bonds. The van der Waals surface area contributed by atoms with Crippen molar-refractivity contribution < 1.29 is 14.7 Å². The van der Waals surface area contributed by atoms with Gasteiger partial charge in [-0.15, -0.1) is 0 Å². The molecule has 4 N–H and O–H groups in total. The van der Waals surface area contributed by atoms with Crippen LogP contribution in [0, 0.1) is 6.92 Å². The summed E-state index contributed by atoms with van der Waals surface area (Å²) >= 11 is 0. The Morgan fingerprint density at radius 3 is 2.56 bits per heavy atom. The van der Waals surface area contributed by atoms with Crippen LogP contribution in [0.1, 0.15) is 22.8 Å². The minimum absolute atomic E-state index is 0.0639. The number of carbonyl (C=O) groups excluding carboxylic acids is 1. The van der Waals surface area contributed by atoms with Gasteiger partial charge in [0.1, 0.15) is 0 Å². The quantitative estimate of drug-likeness (QED) is 0.710. The average Bonchev–Trinajstić information content (AvgIpc) is 2.20. The highest BCUT2D eigenvalue weighted by atomic mass is 16.4. The number of carbonyl (C=O) groups is 2. The van der Waals surface area contributed by atoms with Gasteiger partial charge in [-0.1, -0.05) is 11.6 Å². The van der Waals surface area contributed by atoms with Crippen LogP contribution in [0.3, 0.4) is 0 Å². The van der Waals surface area contributed by atoms with Gasteiger partial charge in [0.05, 0.1) is 17.3 Å². The van der Waals surface area contributed by atoms with E-state index in [9.17, 15) is 9.59 Å². The highest BCUT2D eigenvalue weighted by Gasteiger charge is 2.14. The second kappa shape index (κ2) is 4.76. The lowest BCUT2D eigenvalue weighted by atomic mass is 10.1. The highest BCUT2D eigenvalue weighted by Crippen LogP contribution is 2.17. The number of hydrogen-bond acceptors (Lipinski definition) is 3. The lowest BCUT2D eigenvalue weighted by Crippen LogP contribution is -2.33. The normalized spacial score (nSPS) is 11.9. The van der Waals surface area contributed by atoms with Crippen LogP contribution in [0.4, 0.5) is 5.69 Å². The fourth-order valence-corrected chi connectivity index (χ4v) is 1.19. The van der Waals surface area contributed by atoms with Crippen LogP contribution in [-0.4, -0.2) is 23.0 Å². The average molecular weight is 222 g/mol. The molecule has 0 unspecified atom stereocenters. The van der Waals surface area contributed by atoms with Gasteiger partial charge >= 0.3 is 5.97 Å². The second-order valence-electron chi connectivity index (χ2n) is 3.63. The largest absolute Gasteiger partial charge is 0.478 e. The molecule has 0 saturated heterocycles. The zero-order valence-corrected chi connectivity index (χ0v) is 9.15. The third-order valence-corrected chi connectivity index (χ3v) is 2.08. The first-order valence-electron chi connectivity index (χ1n) is 4.82. The molecule has 0 radical (unpaired) electrons. The Morgan fingerprint density at radius 2 is 2.06 bits per heavy atom. The maximum Gasteiger partial charge on any atom is 0.337 e. The summed E-state index contributed by atoms with van der Waals surface area (Å²) in [6.45, 7) is 3.31. The van der Waals surface area contributed by atoms with E-state index in [-0.39, 0.29) is 11.3 Å². The monoisotopic (exact) mass is 222 g/mol. The van der Waals surface area contributed by atoms with Crippen molar-refractivity contribution in [2.75, 3.05) is 5.32 Å². The molecule has 0 spiro atoms. The molecule has 0 fully saturated rings. The first-order chi connectivity index (χ1) is 7.41. The van der Waals surface area contributed by atoms with E-state index in [1.54, 1.807) is 19.1 Å². The maximum absolute atomic E-state index is 11.3. The molecule has 16 heavy (non-hydrogen) atoms. The summed E-state index contributed by atoms with van der Waals surface area (Å²) in [5, 5.41) is 11.4. The first-order valence-corrected chi connectivity index (χ1v) is 4.82. The Bertz CT molecular complexity index is 427. The molecule has 0 bridgehead atoms. The molecule has 5 heteroatoms. The topological polar surface area (TPSA) is 92.4 Å². The molecule has 0 heterocycles. The molecule has 1 aromatic rings. The van der Waals surface area contributed by atoms with Crippen molar-refractivity contribution in [3.05, 3.63) is 29.3 Å². The summed E-state index contributed by atoms with van der Waals surface area (Å²) in [5.41, 5.74) is 6.52. The minimum Gasteiger partial charge on any atom is -0.478 e. The summed E-state index contributed by atoms with van der Waals surface area (Å²) in [4.78, 5) is 22.3. The molecular formula is C11H14N2O3. The van der Waals surface area contributed by atoms with Gasteiger partial charge in [0.15, 0.2) is 0 Å². The number of aryl methyl sites for hydroxylation is 1. The molecular weight excluding hydrogens is 208 g/mol. The van der Waals surface area contributed by atoms with E-state index in [1.165, 1.54) is 13.0 Å². The van der Waals surface area contributed by atoms with Gasteiger partial charge in [0.25, 0.3) is 0 Å². The minimum atomic E-state index is -1.08. The van der Waals surface area contributed by atoms with E-state index in [2.05, 4.69) is 5.32 Å². The van der Waals surface area contributed by atoms with Crippen LogP contribution >= 0.6 is 0 Å². The van der Waals surface area contributed by atoms with Crippen LogP contribution in [0.15, 0.2) is 18.2 Å². The van der Waals surface area contributed by atoms with Gasteiger partial charge < -0.3 is 16.2 Å². The van der Waals surface area contributed by atoms with Gasteiger partial charge in [-0.25, -0.2) is 4.79 Å². The number of hydrogen-bond donors (Lipinski definition) is 3. The Kier molecular flexibility index (Phi) is 3.63. The fourth-order valence-electron chi connectivity index (χ4n) is 1.19. The van der Waals surface area contributed by atoms with Crippen molar-refractivity contribution in [2.45, 2.75) is 19.9 Å². The van der Waals surface area contributed by atoms with Gasteiger partial charge in [-0.2, -0.15) is 0 Å². The summed E-state index contributed by atoms with van der Waals surface area (Å²) in [5.74, 6) is -1.49. The van der Waals surface area contributed by atoms with E-state index in [4.69, 9.17) is 10.8 Å². The lowest BCUT2D eigenvalue weighted by molar-refractivity contribution is -0.117. The maximum atomic E-state index is 11.3. The number of benzene rings is 1. The third-order valence-electron chi connectivity index (χ3n) is 2.08. The number of amides is 1. The second-order valence-corrected chi connectivity index (χ2v) is 3.63. The zero-order chi connectivity index (χ0) is 12.3. The van der Waals surface area contributed by atoms with E-state index in [1.807, 2.05) is 0 Å². The van der Waals surface area contributed by atoms with E-state index in [0.29, 0.717) is 0 Å². The lowest BCUT2D eigenvalue weighted by Gasteiger charge is -2.10. The Hall–Kier alpha value is -1.88. The van der Waals surface area contributed by atoms with Crippen molar-refractivity contribution in [3.8, 4) is 0 Å². The molecule has 0 aliphatic rings. The van der Waals surface area contributed by atoms with Crippen molar-refractivity contribution in [3.63, 3.8) is 0 Å². The molecule has 86 valence electrons. The highest BCUT2D eigenvalue weighted by molar-refractivity contribution is 6.02. The summed E-state index contributed by atoms with van der Waals surface area (Å²) in [6.07, 6.45) is 0. The standard InChI is InChI=1S/C11H14N2O3/c1-6-3-4-9(8(5-6)11(15)16)13-10(14)7(2)12/h3-5,7H,12H2,1-2H3,(H,13,14)(H,15,16)/t7-/m1/s1. The summed E-state index contributed by atoms with van der Waals surface area (Å²) in [7, 11) is 0. The predicted octanol–water partition coefficient (Wildman–Crippen LogP) is 0.979. The molecule has 0 aliphatic heterocycles. The number of nitrogens with two attached hydrogens (primary N) is 1. The number of carboxylic acid groups (broad SMARTS) is 1. The van der Waals surface area contributed by atoms with Gasteiger partial charge in [-0.05, 0) is 26.0 Å². The van der Waals surface area contributed by atoms with Crippen molar-refractivity contribution >= 4 is 17.6 Å². The molecule has 1 atom stereocenters. The molecule has 1 aromatic carbocycles. The number of aromatic carboxylic acids is 1. The van der Waals surface area contributed by atoms with Gasteiger partial charge in [0, 0.05) is 0 Å². The van der Waals surface area contributed by atoms with Crippen LogP contribution in [0.5, 0.6) is 0 Å². The predicted molar refractivity (Wildman–Crippen MR) is 60.4 cm³/mol. The molecule has 0 saturated carbocycles. The van der Waals surface area contributed by atoms with Gasteiger partial charge in [0.2, 0.25) is 5.91 Å². The fraction of sp³-hybridized carbons (Fsp3) is 0.273. The molecule has 0 aromatic heterocycles. The zero-order valence-electron chi connectivity index (χ0n) is 9.15. The first kappa shape index (κ1) is 12.2. The molecule has 1 rings (SSSR count). The van der Waals surface area contributed by atoms with Crippen LogP contribution in [-0.2, 0) is 4.79 Å². The van der Waals surface area contributed by atoms with E-state index >= 15 is 0 Å². The Morgan fingerprint density at radius 1 is 1.44 bits per heavy atom. The number of rotatable bonds is 3. The summed E-state index contributed by atoms with van der Waals surface area (Å²) in [6, 6.07) is 4.10. The SMILES string of the molecule is Cc1ccc(NC(=O)[C@@H](C)N)c(C(=O)O)c1. The Balaban J connectivity index is 3.04. The van der Waals surface area contributed by atoms with Crippen molar-refractivity contribution in [1.82, 2.24) is 0 Å². The smallest absolute Gasteiger partial charge is 0.337 e. The van der Waals surface area contributed by atoms with E-state index < -0.39 is 17.9 Å². The number of carboxylic acids is 1. The summed E-state index contributed by atoms with van der Waals surface area (Å²) < 4.78 is 0. The van der Waals surface area contributed by atoms with E-state index in [0.717, 1.165) is 5.56 Å². The van der Waals surface area contributed by atoms with Crippen LogP contribution < -0.4 is 11.1 Å². The van der Waals surface area contributed by atoms with Crippen molar-refractivity contribution in [2.24, 2.45) is 5.73 Å². The number of nitrogens with one attached hydrogen (secondary N) is 1. The molecule has 5 nitrogen and oxygen atoms in total. The van der Waals surface area contributed by atoms with Gasteiger partial charge in [-0.3, -0.25) is 4.79 Å².